The van der Waals surface area contributed by atoms with E-state index >= 15 is 0 Å². The Labute approximate surface area is 147 Å². The summed E-state index contributed by atoms with van der Waals surface area (Å²) in [5.74, 6) is -0.893. The van der Waals surface area contributed by atoms with Crippen LogP contribution in [0.3, 0.4) is 0 Å². The molecule has 0 bridgehead atoms. The molecule has 0 unspecified atom stereocenters. The standard InChI is InChI=1S/C16H15FN4O4S/c1-9-4-5-12(17)13(6-9)26(24,25)19-10-7-11-14(18-8-10)20(2)16(23)21(3)15(11)22/h4-8,19H,1-3H3. The molecule has 0 aliphatic rings. The lowest BCUT2D eigenvalue weighted by Crippen LogP contribution is -2.37. The second kappa shape index (κ2) is 6.06. The third kappa shape index (κ3) is 2.88. The monoisotopic (exact) mass is 378 g/mol. The zero-order chi connectivity index (χ0) is 19.2. The van der Waals surface area contributed by atoms with E-state index < -0.39 is 32.0 Å². The number of aryl methyl sites for hydroxylation is 2. The number of pyridine rings is 1. The summed E-state index contributed by atoms with van der Waals surface area (Å²) in [6, 6.07) is 4.98. The third-order valence-corrected chi connectivity index (χ3v) is 5.32. The molecule has 1 aromatic carbocycles. The van der Waals surface area contributed by atoms with Gasteiger partial charge in [0.2, 0.25) is 0 Å². The highest BCUT2D eigenvalue weighted by molar-refractivity contribution is 7.92. The number of hydrogen-bond donors (Lipinski definition) is 1. The SMILES string of the molecule is Cc1ccc(F)c(S(=O)(=O)Nc2cnc3c(c2)c(=O)n(C)c(=O)n3C)c1. The van der Waals surface area contributed by atoms with Crippen LogP contribution in [0.1, 0.15) is 5.56 Å². The van der Waals surface area contributed by atoms with E-state index in [0.29, 0.717) is 5.56 Å². The Kier molecular flexibility index (Phi) is 4.15. The molecule has 0 saturated carbocycles. The first-order valence-electron chi connectivity index (χ1n) is 7.46. The highest BCUT2D eigenvalue weighted by Crippen LogP contribution is 2.21. The maximum absolute atomic E-state index is 13.9. The van der Waals surface area contributed by atoms with Crippen LogP contribution in [0.4, 0.5) is 10.1 Å². The molecule has 26 heavy (non-hydrogen) atoms. The van der Waals surface area contributed by atoms with E-state index in [4.69, 9.17) is 0 Å². The first-order chi connectivity index (χ1) is 12.1. The normalized spacial score (nSPS) is 11.7. The number of anilines is 1. The van der Waals surface area contributed by atoms with Crippen LogP contribution in [0.15, 0.2) is 44.9 Å². The summed E-state index contributed by atoms with van der Waals surface area (Å²) in [6.45, 7) is 1.64. The van der Waals surface area contributed by atoms with Gasteiger partial charge in [0, 0.05) is 14.1 Å². The lowest BCUT2D eigenvalue weighted by molar-refractivity contribution is 0.570. The van der Waals surface area contributed by atoms with Crippen molar-refractivity contribution in [2.45, 2.75) is 11.8 Å². The first-order valence-corrected chi connectivity index (χ1v) is 8.95. The molecule has 0 aliphatic carbocycles. The number of rotatable bonds is 3. The van der Waals surface area contributed by atoms with Crippen LogP contribution < -0.4 is 16.0 Å². The third-order valence-electron chi connectivity index (χ3n) is 3.92. The lowest BCUT2D eigenvalue weighted by Gasteiger charge is -2.11. The smallest absolute Gasteiger partial charge is 0.280 e. The van der Waals surface area contributed by atoms with E-state index in [1.165, 1.54) is 36.9 Å². The number of aromatic nitrogens is 3. The summed E-state index contributed by atoms with van der Waals surface area (Å²) in [5.41, 5.74) is -0.493. The fraction of sp³-hybridized carbons (Fsp3) is 0.188. The number of nitrogens with one attached hydrogen (secondary N) is 1. The van der Waals surface area contributed by atoms with E-state index in [1.54, 1.807) is 6.92 Å². The molecule has 0 spiro atoms. The number of benzene rings is 1. The summed E-state index contributed by atoms with van der Waals surface area (Å²) < 4.78 is 43.1. The number of fused-ring (bicyclic) bond motifs is 1. The average molecular weight is 378 g/mol. The molecular formula is C16H15FN4O4S. The van der Waals surface area contributed by atoms with Crippen LogP contribution in [-0.2, 0) is 24.1 Å². The van der Waals surface area contributed by atoms with Crippen molar-refractivity contribution in [3.8, 4) is 0 Å². The molecule has 3 aromatic rings. The minimum Gasteiger partial charge on any atom is -0.280 e. The summed E-state index contributed by atoms with van der Waals surface area (Å²) in [6.07, 6.45) is 1.16. The molecule has 10 heteroatoms. The van der Waals surface area contributed by atoms with Gasteiger partial charge in [-0.2, -0.15) is 0 Å². The Morgan fingerprint density at radius 2 is 1.81 bits per heavy atom. The topological polar surface area (TPSA) is 103 Å². The molecule has 1 N–H and O–H groups in total. The van der Waals surface area contributed by atoms with E-state index in [0.717, 1.165) is 16.8 Å². The van der Waals surface area contributed by atoms with Crippen LogP contribution in [0.25, 0.3) is 11.0 Å². The molecule has 3 rings (SSSR count). The summed E-state index contributed by atoms with van der Waals surface area (Å²) in [4.78, 5) is 27.6. The maximum atomic E-state index is 13.9. The van der Waals surface area contributed by atoms with E-state index in [1.807, 2.05) is 0 Å². The summed E-state index contributed by atoms with van der Waals surface area (Å²) >= 11 is 0. The number of hydrogen-bond acceptors (Lipinski definition) is 5. The van der Waals surface area contributed by atoms with Gasteiger partial charge in [0.1, 0.15) is 16.4 Å². The van der Waals surface area contributed by atoms with Gasteiger partial charge < -0.3 is 0 Å². The van der Waals surface area contributed by atoms with Crippen molar-refractivity contribution in [1.29, 1.82) is 0 Å². The van der Waals surface area contributed by atoms with Crippen molar-refractivity contribution >= 4 is 26.7 Å². The van der Waals surface area contributed by atoms with Crippen molar-refractivity contribution in [1.82, 2.24) is 14.1 Å². The fourth-order valence-corrected chi connectivity index (χ4v) is 3.75. The molecule has 0 aliphatic heterocycles. The van der Waals surface area contributed by atoms with Crippen molar-refractivity contribution in [2.24, 2.45) is 14.1 Å². The van der Waals surface area contributed by atoms with Gasteiger partial charge in [-0.25, -0.2) is 22.6 Å². The fourth-order valence-electron chi connectivity index (χ4n) is 2.55. The van der Waals surface area contributed by atoms with Gasteiger partial charge in [0.05, 0.1) is 17.3 Å². The highest BCUT2D eigenvalue weighted by Gasteiger charge is 2.20. The summed E-state index contributed by atoms with van der Waals surface area (Å²) in [5, 5.41) is 0.0551. The molecule has 0 radical (unpaired) electrons. The van der Waals surface area contributed by atoms with Crippen molar-refractivity contribution in [3.05, 3.63) is 62.7 Å². The molecule has 0 atom stereocenters. The van der Waals surface area contributed by atoms with Gasteiger partial charge in [-0.15, -0.1) is 0 Å². The lowest BCUT2D eigenvalue weighted by atomic mass is 10.2. The predicted octanol–water partition coefficient (Wildman–Crippen LogP) is 0.881. The number of nitrogens with zero attached hydrogens (tertiary/aromatic N) is 3. The Hall–Kier alpha value is -3.01. The quantitative estimate of drug-likeness (QED) is 0.729. The van der Waals surface area contributed by atoms with E-state index in [9.17, 15) is 22.4 Å². The van der Waals surface area contributed by atoms with Gasteiger partial charge in [-0.05, 0) is 30.7 Å². The van der Waals surface area contributed by atoms with E-state index in [2.05, 4.69) is 9.71 Å². The Bertz CT molecular complexity index is 1260. The molecule has 0 saturated heterocycles. The number of sulfonamides is 1. The summed E-state index contributed by atoms with van der Waals surface area (Å²) in [7, 11) is -1.46. The van der Waals surface area contributed by atoms with Crippen molar-refractivity contribution in [2.75, 3.05) is 4.72 Å². The second-order valence-electron chi connectivity index (χ2n) is 5.84. The molecule has 0 fully saturated rings. The largest absolute Gasteiger partial charge is 0.332 e. The van der Waals surface area contributed by atoms with Crippen LogP contribution in [-0.4, -0.2) is 22.5 Å². The van der Waals surface area contributed by atoms with Gasteiger partial charge in [-0.3, -0.25) is 18.7 Å². The zero-order valence-electron chi connectivity index (χ0n) is 14.1. The van der Waals surface area contributed by atoms with Crippen molar-refractivity contribution in [3.63, 3.8) is 0 Å². The Morgan fingerprint density at radius 1 is 1.12 bits per heavy atom. The zero-order valence-corrected chi connectivity index (χ0v) is 15.0. The van der Waals surface area contributed by atoms with Crippen LogP contribution >= 0.6 is 0 Å². The highest BCUT2D eigenvalue weighted by atomic mass is 32.2. The molecule has 0 amide bonds. The molecular weight excluding hydrogens is 363 g/mol. The van der Waals surface area contributed by atoms with Gasteiger partial charge in [0.25, 0.3) is 15.6 Å². The van der Waals surface area contributed by atoms with E-state index in [-0.39, 0.29) is 16.7 Å². The Balaban J connectivity index is 2.14. The van der Waals surface area contributed by atoms with Crippen LogP contribution in [0, 0.1) is 12.7 Å². The average Bonchev–Trinajstić information content (AvgIpc) is 2.59. The molecule has 136 valence electrons. The van der Waals surface area contributed by atoms with Crippen LogP contribution in [0.2, 0.25) is 0 Å². The van der Waals surface area contributed by atoms with Gasteiger partial charge >= 0.3 is 5.69 Å². The van der Waals surface area contributed by atoms with Gasteiger partial charge in [0.15, 0.2) is 0 Å². The second-order valence-corrected chi connectivity index (χ2v) is 7.49. The van der Waals surface area contributed by atoms with Crippen LogP contribution in [0.5, 0.6) is 0 Å². The molecule has 2 heterocycles. The van der Waals surface area contributed by atoms with Gasteiger partial charge in [-0.1, -0.05) is 6.07 Å². The maximum Gasteiger partial charge on any atom is 0.332 e. The van der Waals surface area contributed by atoms with Crippen molar-refractivity contribution < 1.29 is 12.8 Å². The Morgan fingerprint density at radius 3 is 2.50 bits per heavy atom. The minimum absolute atomic E-state index is 0.0193. The molecule has 2 aromatic heterocycles. The predicted molar refractivity (Wildman–Crippen MR) is 94.2 cm³/mol. The minimum atomic E-state index is -4.22. The first kappa shape index (κ1) is 17.8. The number of halogens is 1. The molecule has 8 nitrogen and oxygen atoms in total.